The van der Waals surface area contributed by atoms with Crippen molar-refractivity contribution in [2.45, 2.75) is 42.4 Å². The summed E-state index contributed by atoms with van der Waals surface area (Å²) in [5.74, 6) is 0.905. The molecule has 1 fully saturated rings. The average molecular weight is 381 g/mol. The van der Waals surface area contributed by atoms with E-state index >= 15 is 0 Å². The van der Waals surface area contributed by atoms with Gasteiger partial charge < -0.3 is 0 Å². The Bertz CT molecular complexity index is 1070. The van der Waals surface area contributed by atoms with Gasteiger partial charge in [0.2, 0.25) is 0 Å². The van der Waals surface area contributed by atoms with E-state index in [-0.39, 0.29) is 0 Å². The summed E-state index contributed by atoms with van der Waals surface area (Å²) in [6.45, 7) is 2.16. The highest BCUT2D eigenvalue weighted by Gasteiger charge is 2.30. The van der Waals surface area contributed by atoms with Crippen molar-refractivity contribution < 1.29 is 0 Å². The van der Waals surface area contributed by atoms with Crippen molar-refractivity contribution in [3.05, 3.63) is 41.8 Å². The Hall–Kier alpha value is -2.32. The molecule has 0 atom stereocenters. The summed E-state index contributed by atoms with van der Waals surface area (Å²) in [4.78, 5) is 15.4. The summed E-state index contributed by atoms with van der Waals surface area (Å²) in [5.41, 5.74) is 1.04. The maximum absolute atomic E-state index is 4.52. The predicted molar refractivity (Wildman–Crippen MR) is 102 cm³/mol. The third-order valence-corrected chi connectivity index (χ3v) is 6.56. The fraction of sp³-hybridized carbons (Fsp3) is 0.278. The number of aryl methyl sites for hydroxylation is 1. The first-order chi connectivity index (χ1) is 12.8. The lowest BCUT2D eigenvalue weighted by molar-refractivity contribution is 0.669. The van der Waals surface area contributed by atoms with Crippen molar-refractivity contribution in [1.29, 1.82) is 0 Å². The summed E-state index contributed by atoms with van der Waals surface area (Å²) in [6, 6.07) is 6.63. The van der Waals surface area contributed by atoms with Gasteiger partial charge in [-0.3, -0.25) is 9.55 Å². The minimum absolute atomic E-state index is 0.474. The molecular formula is C18H16N6S2. The second-order valence-electron chi connectivity index (χ2n) is 6.21. The number of rotatable bonds is 5. The van der Waals surface area contributed by atoms with Crippen LogP contribution in [-0.2, 0) is 6.42 Å². The molecule has 4 heterocycles. The van der Waals surface area contributed by atoms with E-state index in [2.05, 4.69) is 42.7 Å². The first-order valence-corrected chi connectivity index (χ1v) is 10.2. The standard InChI is InChI=1S/C18H16N6S2/c1-2-13-9-14-16(25-13)20-10-21-17(14)26-18-23-22-15(24(18)12-3-4-12)11-5-7-19-8-6-11/h5-10,12H,2-4H2,1H3. The average Bonchev–Trinajstić information content (AvgIpc) is 3.28. The maximum atomic E-state index is 4.52. The highest BCUT2D eigenvalue weighted by atomic mass is 32.2. The van der Waals surface area contributed by atoms with Gasteiger partial charge in [-0.05, 0) is 49.2 Å². The van der Waals surface area contributed by atoms with Crippen molar-refractivity contribution in [1.82, 2.24) is 29.7 Å². The molecule has 0 radical (unpaired) electrons. The van der Waals surface area contributed by atoms with E-state index in [0.29, 0.717) is 6.04 Å². The van der Waals surface area contributed by atoms with Crippen LogP contribution in [-0.4, -0.2) is 29.7 Å². The van der Waals surface area contributed by atoms with Crippen LogP contribution in [0.15, 0.2) is 47.1 Å². The van der Waals surface area contributed by atoms with Crippen LogP contribution in [0.3, 0.4) is 0 Å². The monoisotopic (exact) mass is 380 g/mol. The zero-order chi connectivity index (χ0) is 17.5. The van der Waals surface area contributed by atoms with Crippen LogP contribution in [0, 0.1) is 0 Å². The molecular weight excluding hydrogens is 364 g/mol. The lowest BCUT2D eigenvalue weighted by atomic mass is 10.2. The van der Waals surface area contributed by atoms with E-state index in [1.54, 1.807) is 41.8 Å². The summed E-state index contributed by atoms with van der Waals surface area (Å²) in [5, 5.41) is 11.9. The van der Waals surface area contributed by atoms with Crippen LogP contribution in [0.4, 0.5) is 0 Å². The molecule has 130 valence electrons. The molecule has 0 aliphatic heterocycles. The van der Waals surface area contributed by atoms with Crippen LogP contribution in [0.5, 0.6) is 0 Å². The highest BCUT2D eigenvalue weighted by molar-refractivity contribution is 7.99. The molecule has 1 aliphatic rings. The van der Waals surface area contributed by atoms with Gasteiger partial charge in [0.05, 0.1) is 0 Å². The van der Waals surface area contributed by atoms with E-state index in [1.807, 2.05) is 12.1 Å². The topological polar surface area (TPSA) is 69.4 Å². The zero-order valence-electron chi connectivity index (χ0n) is 14.2. The predicted octanol–water partition coefficient (Wildman–Crippen LogP) is 4.39. The Labute approximate surface area is 158 Å². The minimum atomic E-state index is 0.474. The van der Waals surface area contributed by atoms with Gasteiger partial charge in [-0.15, -0.1) is 21.5 Å². The maximum Gasteiger partial charge on any atom is 0.198 e. The van der Waals surface area contributed by atoms with Gasteiger partial charge in [0, 0.05) is 34.3 Å². The number of fused-ring (bicyclic) bond motifs is 1. The molecule has 6 nitrogen and oxygen atoms in total. The largest absolute Gasteiger partial charge is 0.299 e. The van der Waals surface area contributed by atoms with Crippen LogP contribution in [0.1, 0.15) is 30.7 Å². The second kappa shape index (κ2) is 6.44. The summed E-state index contributed by atoms with van der Waals surface area (Å²) < 4.78 is 2.25. The van der Waals surface area contributed by atoms with Crippen LogP contribution >= 0.6 is 23.1 Å². The van der Waals surface area contributed by atoms with Crippen molar-refractivity contribution in [3.63, 3.8) is 0 Å². The van der Waals surface area contributed by atoms with Gasteiger partial charge in [0.25, 0.3) is 0 Å². The Morgan fingerprint density at radius 3 is 2.81 bits per heavy atom. The number of pyridine rings is 1. The van der Waals surface area contributed by atoms with E-state index < -0.39 is 0 Å². The Morgan fingerprint density at radius 2 is 2.04 bits per heavy atom. The van der Waals surface area contributed by atoms with Crippen LogP contribution in [0.2, 0.25) is 0 Å². The molecule has 4 aromatic rings. The number of nitrogens with zero attached hydrogens (tertiary/aromatic N) is 6. The van der Waals surface area contributed by atoms with Crippen molar-refractivity contribution in [2.24, 2.45) is 0 Å². The Morgan fingerprint density at radius 1 is 1.19 bits per heavy atom. The summed E-state index contributed by atoms with van der Waals surface area (Å²) in [7, 11) is 0. The molecule has 8 heteroatoms. The van der Waals surface area contributed by atoms with E-state index in [0.717, 1.165) is 38.2 Å². The fourth-order valence-electron chi connectivity index (χ4n) is 2.93. The number of thiophene rings is 1. The van der Waals surface area contributed by atoms with E-state index in [9.17, 15) is 0 Å². The van der Waals surface area contributed by atoms with Gasteiger partial charge >= 0.3 is 0 Å². The molecule has 4 aromatic heterocycles. The van der Waals surface area contributed by atoms with Crippen LogP contribution in [0.25, 0.3) is 21.6 Å². The molecule has 0 N–H and O–H groups in total. The third-order valence-electron chi connectivity index (χ3n) is 4.40. The molecule has 5 rings (SSSR count). The zero-order valence-corrected chi connectivity index (χ0v) is 15.8. The summed E-state index contributed by atoms with van der Waals surface area (Å²) in [6.07, 6.45) is 8.57. The van der Waals surface area contributed by atoms with Crippen molar-refractivity contribution in [2.75, 3.05) is 0 Å². The molecule has 0 bridgehead atoms. The van der Waals surface area contributed by atoms with Gasteiger partial charge in [0.15, 0.2) is 11.0 Å². The minimum Gasteiger partial charge on any atom is -0.299 e. The first kappa shape index (κ1) is 15.9. The van der Waals surface area contributed by atoms with Gasteiger partial charge in [-0.1, -0.05) is 6.92 Å². The van der Waals surface area contributed by atoms with Gasteiger partial charge in [-0.25, -0.2) is 9.97 Å². The normalized spacial score (nSPS) is 14.2. The lowest BCUT2D eigenvalue weighted by Crippen LogP contribution is -2.00. The quantitative estimate of drug-likeness (QED) is 0.478. The smallest absolute Gasteiger partial charge is 0.198 e. The Kier molecular flexibility index (Phi) is 3.94. The van der Waals surface area contributed by atoms with Crippen LogP contribution < -0.4 is 0 Å². The van der Waals surface area contributed by atoms with Gasteiger partial charge in [-0.2, -0.15) is 0 Å². The summed E-state index contributed by atoms with van der Waals surface area (Å²) >= 11 is 3.31. The third kappa shape index (κ3) is 2.79. The molecule has 0 unspecified atom stereocenters. The first-order valence-electron chi connectivity index (χ1n) is 8.60. The van der Waals surface area contributed by atoms with E-state index in [1.165, 1.54) is 17.7 Å². The van der Waals surface area contributed by atoms with Crippen molar-refractivity contribution >= 4 is 33.3 Å². The molecule has 26 heavy (non-hydrogen) atoms. The molecule has 1 aliphatic carbocycles. The lowest BCUT2D eigenvalue weighted by Gasteiger charge is -2.08. The van der Waals surface area contributed by atoms with Gasteiger partial charge in [0.1, 0.15) is 16.2 Å². The molecule has 1 saturated carbocycles. The number of hydrogen-bond acceptors (Lipinski definition) is 7. The molecule has 0 spiro atoms. The fourth-order valence-corrected chi connectivity index (χ4v) is 4.89. The molecule has 0 aromatic carbocycles. The Balaban J connectivity index is 1.58. The number of hydrogen-bond donors (Lipinski definition) is 0. The molecule has 0 saturated heterocycles. The SMILES string of the molecule is CCc1cc2c(Sc3nnc(-c4ccncc4)n3C3CC3)ncnc2s1. The highest BCUT2D eigenvalue weighted by Crippen LogP contribution is 2.43. The van der Waals surface area contributed by atoms with Crippen molar-refractivity contribution in [3.8, 4) is 11.4 Å². The second-order valence-corrected chi connectivity index (χ2v) is 8.28. The molecule has 0 amide bonds. The number of aromatic nitrogens is 6. The van der Waals surface area contributed by atoms with E-state index in [4.69, 9.17) is 0 Å².